The zero-order valence-corrected chi connectivity index (χ0v) is 6.93. The van der Waals surface area contributed by atoms with E-state index in [9.17, 15) is 10.1 Å². The zero-order valence-electron chi connectivity index (χ0n) is 6.93. The van der Waals surface area contributed by atoms with E-state index in [-0.39, 0.29) is 5.69 Å². The molecule has 1 aromatic heterocycles. The first kappa shape index (κ1) is 8.12. The number of nitrogens with zero attached hydrogens (tertiary/aromatic N) is 2. The van der Waals surface area contributed by atoms with E-state index < -0.39 is 4.92 Å². The second-order valence-electron chi connectivity index (χ2n) is 2.99. The van der Waals surface area contributed by atoms with Crippen molar-refractivity contribution in [2.24, 2.45) is 0 Å². The number of hydrogen-bond donors (Lipinski definition) is 1. The second-order valence-corrected chi connectivity index (χ2v) is 2.99. The molecule has 1 fully saturated rings. The molecule has 0 spiro atoms. The van der Waals surface area contributed by atoms with Gasteiger partial charge in [0.15, 0.2) is 0 Å². The van der Waals surface area contributed by atoms with Crippen LogP contribution in [0.1, 0.15) is 18.2 Å². The fourth-order valence-corrected chi connectivity index (χ4v) is 1.25. The summed E-state index contributed by atoms with van der Waals surface area (Å²) in [5, 5.41) is 13.5. The number of aromatic nitrogens is 1. The molecular weight excluding hydrogens is 170 g/mol. The van der Waals surface area contributed by atoms with E-state index >= 15 is 0 Å². The van der Waals surface area contributed by atoms with E-state index in [2.05, 4.69) is 10.3 Å². The van der Waals surface area contributed by atoms with Crippen LogP contribution in [0.15, 0.2) is 18.3 Å². The molecule has 1 saturated heterocycles. The molecule has 68 valence electrons. The van der Waals surface area contributed by atoms with Crippen LogP contribution in [0.4, 0.5) is 5.69 Å². The summed E-state index contributed by atoms with van der Waals surface area (Å²) in [4.78, 5) is 13.9. The van der Waals surface area contributed by atoms with Crippen LogP contribution in [0.2, 0.25) is 0 Å². The molecule has 1 aliphatic rings. The van der Waals surface area contributed by atoms with Crippen LogP contribution >= 0.6 is 0 Å². The Morgan fingerprint density at radius 3 is 2.77 bits per heavy atom. The molecule has 0 aliphatic carbocycles. The van der Waals surface area contributed by atoms with Gasteiger partial charge < -0.3 is 5.32 Å². The quantitative estimate of drug-likeness (QED) is 0.543. The third kappa shape index (κ3) is 1.50. The van der Waals surface area contributed by atoms with Crippen molar-refractivity contribution < 1.29 is 4.92 Å². The van der Waals surface area contributed by atoms with Gasteiger partial charge in [0.25, 0.3) is 5.69 Å². The highest BCUT2D eigenvalue weighted by atomic mass is 16.6. The number of nitrogens with one attached hydrogen (secondary N) is 1. The minimum absolute atomic E-state index is 0.0445. The molecule has 0 aromatic carbocycles. The van der Waals surface area contributed by atoms with Crippen LogP contribution in [0, 0.1) is 10.1 Å². The predicted octanol–water partition coefficient (Wildman–Crippen LogP) is 1.02. The third-order valence-corrected chi connectivity index (χ3v) is 2.16. The van der Waals surface area contributed by atoms with E-state index in [4.69, 9.17) is 0 Å². The molecule has 1 aliphatic heterocycles. The minimum Gasteiger partial charge on any atom is -0.309 e. The summed E-state index contributed by atoms with van der Waals surface area (Å²) < 4.78 is 0. The SMILES string of the molecule is O=[N+]([O-])c1ccc([C@@H]2CCN2)nc1. The number of pyridine rings is 1. The van der Waals surface area contributed by atoms with Crippen LogP contribution < -0.4 is 5.32 Å². The van der Waals surface area contributed by atoms with Crippen LogP contribution in [0.5, 0.6) is 0 Å². The Bertz CT molecular complexity index is 319. The van der Waals surface area contributed by atoms with Crippen molar-refractivity contribution in [3.8, 4) is 0 Å². The van der Waals surface area contributed by atoms with Crippen LogP contribution in [-0.4, -0.2) is 16.5 Å². The first-order valence-corrected chi connectivity index (χ1v) is 4.11. The number of hydrogen-bond acceptors (Lipinski definition) is 4. The molecule has 2 rings (SSSR count). The average Bonchev–Trinajstić information content (AvgIpc) is 2.02. The summed E-state index contributed by atoms with van der Waals surface area (Å²) in [6.45, 7) is 1.00. The van der Waals surface area contributed by atoms with Crippen LogP contribution in [0.3, 0.4) is 0 Å². The fraction of sp³-hybridized carbons (Fsp3) is 0.375. The summed E-state index contributed by atoms with van der Waals surface area (Å²) >= 11 is 0. The molecule has 13 heavy (non-hydrogen) atoms. The number of nitro groups is 1. The maximum absolute atomic E-state index is 10.3. The van der Waals surface area contributed by atoms with Crippen molar-refractivity contribution in [2.45, 2.75) is 12.5 Å². The topological polar surface area (TPSA) is 68.1 Å². The smallest absolute Gasteiger partial charge is 0.287 e. The van der Waals surface area contributed by atoms with Gasteiger partial charge in [0.05, 0.1) is 16.7 Å². The van der Waals surface area contributed by atoms with Gasteiger partial charge in [0.1, 0.15) is 6.20 Å². The first-order chi connectivity index (χ1) is 6.27. The lowest BCUT2D eigenvalue weighted by atomic mass is 10.0. The van der Waals surface area contributed by atoms with E-state index in [0.29, 0.717) is 6.04 Å². The molecular formula is C8H9N3O2. The minimum atomic E-state index is -0.440. The molecule has 0 unspecified atom stereocenters. The molecule has 0 radical (unpaired) electrons. The van der Waals surface area contributed by atoms with Gasteiger partial charge in [-0.3, -0.25) is 15.1 Å². The summed E-state index contributed by atoms with van der Waals surface area (Å²) in [6.07, 6.45) is 2.36. The van der Waals surface area contributed by atoms with Crippen molar-refractivity contribution in [2.75, 3.05) is 6.54 Å². The van der Waals surface area contributed by atoms with E-state index in [1.807, 2.05) is 0 Å². The van der Waals surface area contributed by atoms with Crippen LogP contribution in [0.25, 0.3) is 0 Å². The van der Waals surface area contributed by atoms with Crippen LogP contribution in [-0.2, 0) is 0 Å². The molecule has 1 atom stereocenters. The largest absolute Gasteiger partial charge is 0.309 e. The van der Waals surface area contributed by atoms with Gasteiger partial charge in [-0.25, -0.2) is 0 Å². The lowest BCUT2D eigenvalue weighted by Crippen LogP contribution is -2.35. The van der Waals surface area contributed by atoms with E-state index in [0.717, 1.165) is 18.7 Å². The van der Waals surface area contributed by atoms with Gasteiger partial charge in [-0.15, -0.1) is 0 Å². The Labute approximate surface area is 74.9 Å². The molecule has 1 aromatic rings. The molecule has 5 nitrogen and oxygen atoms in total. The average molecular weight is 179 g/mol. The lowest BCUT2D eigenvalue weighted by molar-refractivity contribution is -0.385. The maximum atomic E-state index is 10.3. The van der Waals surface area contributed by atoms with E-state index in [1.54, 1.807) is 6.07 Å². The van der Waals surface area contributed by atoms with Crippen molar-refractivity contribution >= 4 is 5.69 Å². The van der Waals surface area contributed by atoms with Crippen molar-refractivity contribution in [1.82, 2.24) is 10.3 Å². The third-order valence-electron chi connectivity index (χ3n) is 2.16. The Morgan fingerprint density at radius 2 is 2.38 bits per heavy atom. The highest BCUT2D eigenvalue weighted by Gasteiger charge is 2.20. The molecule has 0 saturated carbocycles. The Morgan fingerprint density at radius 1 is 1.62 bits per heavy atom. The summed E-state index contributed by atoms with van der Waals surface area (Å²) in [5.41, 5.74) is 0.930. The van der Waals surface area contributed by atoms with Gasteiger partial charge in [-0.2, -0.15) is 0 Å². The number of rotatable bonds is 2. The van der Waals surface area contributed by atoms with Gasteiger partial charge >= 0.3 is 0 Å². The zero-order chi connectivity index (χ0) is 9.26. The summed E-state index contributed by atoms with van der Waals surface area (Å²) in [5.74, 6) is 0. The molecule has 2 heterocycles. The molecule has 5 heteroatoms. The fourth-order valence-electron chi connectivity index (χ4n) is 1.25. The van der Waals surface area contributed by atoms with Gasteiger partial charge in [-0.05, 0) is 19.0 Å². The van der Waals surface area contributed by atoms with Crippen molar-refractivity contribution in [3.05, 3.63) is 34.1 Å². The standard InChI is InChI=1S/C8H9N3O2/c12-11(13)6-1-2-7(10-5-6)8-3-4-9-8/h1-2,5,8-9H,3-4H2/t8-/m0/s1. The monoisotopic (exact) mass is 179 g/mol. The Hall–Kier alpha value is -1.49. The summed E-state index contributed by atoms with van der Waals surface area (Å²) in [7, 11) is 0. The Balaban J connectivity index is 2.17. The maximum Gasteiger partial charge on any atom is 0.287 e. The molecule has 0 bridgehead atoms. The molecule has 0 amide bonds. The lowest BCUT2D eigenvalue weighted by Gasteiger charge is -2.26. The second kappa shape index (κ2) is 3.10. The highest BCUT2D eigenvalue weighted by Crippen LogP contribution is 2.21. The van der Waals surface area contributed by atoms with Gasteiger partial charge in [0, 0.05) is 6.07 Å². The highest BCUT2D eigenvalue weighted by molar-refractivity contribution is 5.28. The predicted molar refractivity (Wildman–Crippen MR) is 46.3 cm³/mol. The Kier molecular flexibility index (Phi) is 1.94. The van der Waals surface area contributed by atoms with Crippen molar-refractivity contribution in [1.29, 1.82) is 0 Å². The first-order valence-electron chi connectivity index (χ1n) is 4.11. The normalized spacial score (nSPS) is 20.8. The van der Waals surface area contributed by atoms with E-state index in [1.165, 1.54) is 12.3 Å². The molecule has 1 N–H and O–H groups in total. The van der Waals surface area contributed by atoms with Crippen molar-refractivity contribution in [3.63, 3.8) is 0 Å². The summed E-state index contributed by atoms with van der Waals surface area (Å²) in [6, 6.07) is 3.48. The van der Waals surface area contributed by atoms with Gasteiger partial charge in [-0.1, -0.05) is 0 Å². The van der Waals surface area contributed by atoms with Gasteiger partial charge in [0.2, 0.25) is 0 Å².